The Morgan fingerprint density at radius 2 is 2.33 bits per heavy atom. The summed E-state index contributed by atoms with van der Waals surface area (Å²) in [5.41, 5.74) is 2.46. The lowest BCUT2D eigenvalue weighted by Crippen LogP contribution is -1.84. The molecule has 2 heterocycles. The molecule has 0 spiro atoms. The first-order valence-corrected chi connectivity index (χ1v) is 4.32. The molecule has 0 amide bonds. The van der Waals surface area contributed by atoms with E-state index in [9.17, 15) is 0 Å². The van der Waals surface area contributed by atoms with Crippen molar-refractivity contribution in [3.05, 3.63) is 30.2 Å². The zero-order valence-corrected chi connectivity index (χ0v) is 7.17. The van der Waals surface area contributed by atoms with Gasteiger partial charge >= 0.3 is 0 Å². The molecule has 0 fully saturated rings. The van der Waals surface area contributed by atoms with E-state index in [1.54, 1.807) is 0 Å². The highest BCUT2D eigenvalue weighted by Gasteiger charge is 2.00. The van der Waals surface area contributed by atoms with Crippen molar-refractivity contribution in [2.24, 2.45) is 0 Å². The van der Waals surface area contributed by atoms with Gasteiger partial charge < -0.3 is 4.98 Å². The van der Waals surface area contributed by atoms with Gasteiger partial charge in [-0.1, -0.05) is 13.3 Å². The van der Waals surface area contributed by atoms with Gasteiger partial charge in [0.1, 0.15) is 0 Å². The van der Waals surface area contributed by atoms with Crippen LogP contribution in [0.25, 0.3) is 10.9 Å². The van der Waals surface area contributed by atoms with E-state index in [-0.39, 0.29) is 0 Å². The van der Waals surface area contributed by atoms with Crippen LogP contribution in [0.2, 0.25) is 0 Å². The van der Waals surface area contributed by atoms with Crippen molar-refractivity contribution >= 4 is 10.9 Å². The second kappa shape index (κ2) is 2.97. The van der Waals surface area contributed by atoms with Gasteiger partial charge in [-0.25, -0.2) is 0 Å². The van der Waals surface area contributed by atoms with Crippen molar-refractivity contribution in [2.45, 2.75) is 19.8 Å². The molecule has 12 heavy (non-hydrogen) atoms. The molecule has 2 heteroatoms. The van der Waals surface area contributed by atoms with Crippen LogP contribution >= 0.6 is 0 Å². The van der Waals surface area contributed by atoms with Gasteiger partial charge in [0.2, 0.25) is 0 Å². The third-order valence-electron chi connectivity index (χ3n) is 2.08. The highest BCUT2D eigenvalue weighted by atomic mass is 14.7. The predicted molar refractivity (Wildman–Crippen MR) is 50.1 cm³/mol. The lowest BCUT2D eigenvalue weighted by molar-refractivity contribution is 0.928. The number of aromatic amines is 1. The van der Waals surface area contributed by atoms with Crippen LogP contribution in [0.4, 0.5) is 0 Å². The molecule has 0 aliphatic heterocycles. The summed E-state index contributed by atoms with van der Waals surface area (Å²) < 4.78 is 0. The Labute approximate surface area is 71.6 Å². The molecular formula is C10H12N2. The van der Waals surface area contributed by atoms with Gasteiger partial charge in [0.15, 0.2) is 0 Å². The van der Waals surface area contributed by atoms with Crippen LogP contribution in [0, 0.1) is 0 Å². The minimum atomic E-state index is 1.07. The van der Waals surface area contributed by atoms with Crippen LogP contribution < -0.4 is 0 Å². The van der Waals surface area contributed by atoms with Gasteiger partial charge in [-0.2, -0.15) is 0 Å². The Balaban J connectivity index is 2.57. The van der Waals surface area contributed by atoms with Gasteiger partial charge in [-0.15, -0.1) is 0 Å². The molecule has 2 nitrogen and oxygen atoms in total. The highest BCUT2D eigenvalue weighted by Crippen LogP contribution is 2.16. The second-order valence-electron chi connectivity index (χ2n) is 2.97. The minimum absolute atomic E-state index is 1.07. The van der Waals surface area contributed by atoms with Crippen LogP contribution in [-0.4, -0.2) is 9.97 Å². The number of hydrogen-bond acceptors (Lipinski definition) is 1. The molecule has 0 bridgehead atoms. The van der Waals surface area contributed by atoms with Crippen molar-refractivity contribution in [1.29, 1.82) is 0 Å². The monoisotopic (exact) mass is 160 g/mol. The molecule has 0 atom stereocenters. The third kappa shape index (κ3) is 1.09. The Bertz CT molecular complexity index is 376. The molecule has 2 rings (SSSR count). The summed E-state index contributed by atoms with van der Waals surface area (Å²) in [7, 11) is 0. The first-order valence-electron chi connectivity index (χ1n) is 4.32. The smallest absolute Gasteiger partial charge is 0.0879 e. The van der Waals surface area contributed by atoms with E-state index >= 15 is 0 Å². The molecule has 0 aliphatic rings. The summed E-state index contributed by atoms with van der Waals surface area (Å²) in [6, 6.07) is 2.10. The molecule has 2 aromatic rings. The van der Waals surface area contributed by atoms with E-state index in [0.717, 1.165) is 11.9 Å². The van der Waals surface area contributed by atoms with E-state index < -0.39 is 0 Å². The van der Waals surface area contributed by atoms with Crippen LogP contribution in [0.3, 0.4) is 0 Å². The van der Waals surface area contributed by atoms with Gasteiger partial charge in [-0.05, 0) is 18.1 Å². The number of aryl methyl sites for hydroxylation is 1. The normalized spacial score (nSPS) is 10.8. The molecule has 0 aliphatic carbocycles. The summed E-state index contributed by atoms with van der Waals surface area (Å²) in [6.07, 6.45) is 8.16. The molecule has 2 aromatic heterocycles. The fourth-order valence-electron chi connectivity index (χ4n) is 1.50. The van der Waals surface area contributed by atoms with Crippen molar-refractivity contribution < 1.29 is 0 Å². The van der Waals surface area contributed by atoms with E-state index in [1.165, 1.54) is 17.4 Å². The maximum atomic E-state index is 4.25. The maximum Gasteiger partial charge on any atom is 0.0879 e. The fraction of sp³-hybridized carbons (Fsp3) is 0.300. The Morgan fingerprint density at radius 3 is 3.17 bits per heavy atom. The number of nitrogens with one attached hydrogen (secondary N) is 1. The summed E-state index contributed by atoms with van der Waals surface area (Å²) in [6.45, 7) is 2.19. The molecule has 1 N–H and O–H groups in total. The molecular weight excluding hydrogens is 148 g/mol. The molecule has 0 aromatic carbocycles. The summed E-state index contributed by atoms with van der Waals surface area (Å²) in [4.78, 5) is 7.33. The molecule has 62 valence electrons. The Hall–Kier alpha value is -1.31. The number of nitrogens with zero attached hydrogens (tertiary/aromatic N) is 1. The van der Waals surface area contributed by atoms with Gasteiger partial charge in [0.05, 0.1) is 5.52 Å². The fourth-order valence-corrected chi connectivity index (χ4v) is 1.50. The summed E-state index contributed by atoms with van der Waals surface area (Å²) >= 11 is 0. The summed E-state index contributed by atoms with van der Waals surface area (Å²) in [5.74, 6) is 0. The second-order valence-corrected chi connectivity index (χ2v) is 2.97. The van der Waals surface area contributed by atoms with Crippen molar-refractivity contribution in [3.63, 3.8) is 0 Å². The number of pyridine rings is 1. The predicted octanol–water partition coefficient (Wildman–Crippen LogP) is 2.52. The van der Waals surface area contributed by atoms with E-state index in [4.69, 9.17) is 0 Å². The first-order chi connectivity index (χ1) is 5.92. The Kier molecular flexibility index (Phi) is 1.82. The van der Waals surface area contributed by atoms with Crippen molar-refractivity contribution in [1.82, 2.24) is 9.97 Å². The zero-order chi connectivity index (χ0) is 8.39. The Morgan fingerprint density at radius 1 is 1.42 bits per heavy atom. The van der Waals surface area contributed by atoms with E-state index in [1.807, 2.05) is 18.6 Å². The first kappa shape index (κ1) is 7.35. The van der Waals surface area contributed by atoms with E-state index in [0.29, 0.717) is 0 Å². The quantitative estimate of drug-likeness (QED) is 0.718. The largest absolute Gasteiger partial charge is 0.365 e. The third-order valence-corrected chi connectivity index (χ3v) is 2.08. The lowest BCUT2D eigenvalue weighted by Gasteiger charge is -1.98. The molecule has 0 saturated heterocycles. The van der Waals surface area contributed by atoms with Crippen LogP contribution in [0.1, 0.15) is 18.9 Å². The zero-order valence-electron chi connectivity index (χ0n) is 7.17. The van der Waals surface area contributed by atoms with Crippen LogP contribution in [0.15, 0.2) is 24.7 Å². The number of aromatic nitrogens is 2. The minimum Gasteiger partial charge on any atom is -0.365 e. The van der Waals surface area contributed by atoms with Gasteiger partial charge in [0.25, 0.3) is 0 Å². The number of rotatable bonds is 2. The number of H-pyrrole nitrogens is 1. The van der Waals surface area contributed by atoms with Crippen molar-refractivity contribution in [3.8, 4) is 0 Å². The molecule has 0 saturated carbocycles. The lowest BCUT2D eigenvalue weighted by atomic mass is 10.1. The average molecular weight is 160 g/mol. The van der Waals surface area contributed by atoms with Gasteiger partial charge in [-0.3, -0.25) is 4.98 Å². The molecule has 0 radical (unpaired) electrons. The number of fused-ring (bicyclic) bond motifs is 1. The SMILES string of the molecule is CCCc1ccnc2c[nH]cc12. The summed E-state index contributed by atoms with van der Waals surface area (Å²) in [5, 5.41) is 1.26. The maximum absolute atomic E-state index is 4.25. The van der Waals surface area contributed by atoms with Crippen molar-refractivity contribution in [2.75, 3.05) is 0 Å². The number of hydrogen-bond donors (Lipinski definition) is 1. The van der Waals surface area contributed by atoms with E-state index in [2.05, 4.69) is 23.0 Å². The van der Waals surface area contributed by atoms with Crippen LogP contribution in [0.5, 0.6) is 0 Å². The van der Waals surface area contributed by atoms with Gasteiger partial charge in [0, 0.05) is 24.0 Å². The topological polar surface area (TPSA) is 28.7 Å². The standard InChI is InChI=1S/C10H12N2/c1-2-3-8-4-5-12-10-7-11-6-9(8)10/h4-7,11H,2-3H2,1H3. The molecule has 0 unspecified atom stereocenters. The average Bonchev–Trinajstić information content (AvgIpc) is 2.53. The van der Waals surface area contributed by atoms with Crippen LogP contribution in [-0.2, 0) is 6.42 Å². The highest BCUT2D eigenvalue weighted by molar-refractivity contribution is 5.81.